The number of carbonyl (C=O) groups is 2. The molecule has 0 atom stereocenters. The molecule has 3 N–H and O–H groups in total. The smallest absolute Gasteiger partial charge is 0.255 e. The Morgan fingerprint density at radius 2 is 1.80 bits per heavy atom. The standard InChI is InChI=1S/C26H31N5O4/c1-15(32)30-17-5-7-18(8-6-17)31-26(33)21-12-27-25-23(28-14-29-24(21)25)20-11-19(34-2)9-10-22(20)35-13-16-3-4-16/h9-12,14,16-18,27H,3-8,13H2,1-2H3,(H,30,32)(H,31,33). The molecule has 5 rings (SSSR count). The van der Waals surface area contributed by atoms with Crippen LogP contribution >= 0.6 is 0 Å². The summed E-state index contributed by atoms with van der Waals surface area (Å²) in [7, 11) is 1.63. The Hall–Kier alpha value is -3.62. The average Bonchev–Trinajstić information content (AvgIpc) is 3.59. The van der Waals surface area contributed by atoms with Gasteiger partial charge in [-0.25, -0.2) is 9.97 Å². The lowest BCUT2D eigenvalue weighted by Gasteiger charge is -2.29. The number of rotatable bonds is 8. The van der Waals surface area contributed by atoms with E-state index < -0.39 is 0 Å². The zero-order chi connectivity index (χ0) is 24.4. The maximum absolute atomic E-state index is 13.1. The summed E-state index contributed by atoms with van der Waals surface area (Å²) in [6.45, 7) is 2.21. The first-order chi connectivity index (χ1) is 17.0. The number of nitrogens with zero attached hydrogens (tertiary/aromatic N) is 2. The van der Waals surface area contributed by atoms with Crippen LogP contribution in [0.3, 0.4) is 0 Å². The minimum atomic E-state index is -0.167. The van der Waals surface area contributed by atoms with Crippen LogP contribution in [0.15, 0.2) is 30.7 Å². The largest absolute Gasteiger partial charge is 0.497 e. The number of hydrogen-bond acceptors (Lipinski definition) is 6. The Kier molecular flexibility index (Phi) is 6.57. The zero-order valence-corrected chi connectivity index (χ0v) is 20.1. The lowest BCUT2D eigenvalue weighted by atomic mass is 9.91. The van der Waals surface area contributed by atoms with E-state index >= 15 is 0 Å². The molecule has 2 aromatic heterocycles. The fourth-order valence-electron chi connectivity index (χ4n) is 4.69. The van der Waals surface area contributed by atoms with Gasteiger partial charge in [-0.2, -0.15) is 0 Å². The van der Waals surface area contributed by atoms with E-state index in [0.717, 1.165) is 37.0 Å². The van der Waals surface area contributed by atoms with Gasteiger partial charge in [0, 0.05) is 30.8 Å². The number of fused-ring (bicyclic) bond motifs is 1. The van der Waals surface area contributed by atoms with Crippen LogP contribution in [0.4, 0.5) is 0 Å². The molecule has 9 nitrogen and oxygen atoms in total. The maximum atomic E-state index is 13.1. The van der Waals surface area contributed by atoms with E-state index in [9.17, 15) is 9.59 Å². The Morgan fingerprint density at radius 1 is 1.06 bits per heavy atom. The molecule has 0 saturated heterocycles. The average molecular weight is 478 g/mol. The summed E-state index contributed by atoms with van der Waals surface area (Å²) in [5.74, 6) is 1.87. The first-order valence-electron chi connectivity index (χ1n) is 12.2. The molecule has 184 valence electrons. The lowest BCUT2D eigenvalue weighted by molar-refractivity contribution is -0.119. The Morgan fingerprint density at radius 3 is 2.49 bits per heavy atom. The summed E-state index contributed by atoms with van der Waals surface area (Å²) in [5, 5.41) is 6.11. The lowest BCUT2D eigenvalue weighted by Crippen LogP contribution is -2.43. The van der Waals surface area contributed by atoms with Crippen LogP contribution in [0.25, 0.3) is 22.3 Å². The van der Waals surface area contributed by atoms with E-state index in [1.807, 2.05) is 18.2 Å². The molecular weight excluding hydrogens is 446 g/mol. The third-order valence-electron chi connectivity index (χ3n) is 6.79. The van der Waals surface area contributed by atoms with Gasteiger partial charge in [-0.15, -0.1) is 0 Å². The fourth-order valence-corrected chi connectivity index (χ4v) is 4.69. The normalized spacial score (nSPS) is 19.8. The number of hydrogen-bond donors (Lipinski definition) is 3. The summed E-state index contributed by atoms with van der Waals surface area (Å²) >= 11 is 0. The second-order valence-electron chi connectivity index (χ2n) is 9.49. The minimum absolute atomic E-state index is 0.0103. The van der Waals surface area contributed by atoms with Crippen LogP contribution in [0.2, 0.25) is 0 Å². The monoisotopic (exact) mass is 477 g/mol. The fraction of sp³-hybridized carbons (Fsp3) is 0.462. The van der Waals surface area contributed by atoms with Gasteiger partial charge in [0.15, 0.2) is 0 Å². The molecule has 2 amide bonds. The summed E-state index contributed by atoms with van der Waals surface area (Å²) in [6, 6.07) is 5.93. The van der Waals surface area contributed by atoms with Crippen molar-refractivity contribution in [2.45, 2.75) is 57.5 Å². The topological polar surface area (TPSA) is 118 Å². The molecule has 0 bridgehead atoms. The molecule has 2 aliphatic rings. The summed E-state index contributed by atoms with van der Waals surface area (Å²) in [5.41, 5.74) is 3.18. The van der Waals surface area contributed by atoms with Crippen molar-refractivity contribution < 1.29 is 19.1 Å². The number of amides is 2. The Labute approximate surface area is 204 Å². The summed E-state index contributed by atoms with van der Waals surface area (Å²) in [6.07, 6.45) is 8.92. The number of benzene rings is 1. The number of H-pyrrole nitrogens is 1. The van der Waals surface area contributed by atoms with Gasteiger partial charge < -0.3 is 25.1 Å². The number of aromatic amines is 1. The van der Waals surface area contributed by atoms with Gasteiger partial charge >= 0.3 is 0 Å². The summed E-state index contributed by atoms with van der Waals surface area (Å²) < 4.78 is 11.6. The van der Waals surface area contributed by atoms with Crippen molar-refractivity contribution in [1.29, 1.82) is 0 Å². The van der Waals surface area contributed by atoms with Crippen LogP contribution in [0, 0.1) is 5.92 Å². The number of carbonyl (C=O) groups excluding carboxylic acids is 2. The highest BCUT2D eigenvalue weighted by Crippen LogP contribution is 2.37. The van der Waals surface area contributed by atoms with Crippen LogP contribution in [-0.2, 0) is 4.79 Å². The van der Waals surface area contributed by atoms with E-state index in [-0.39, 0.29) is 23.9 Å². The van der Waals surface area contributed by atoms with Gasteiger partial charge in [-0.05, 0) is 62.6 Å². The predicted molar refractivity (Wildman–Crippen MR) is 131 cm³/mol. The first kappa shape index (κ1) is 23.1. The predicted octanol–water partition coefficient (Wildman–Crippen LogP) is 3.60. The highest BCUT2D eigenvalue weighted by atomic mass is 16.5. The van der Waals surface area contributed by atoms with Crippen molar-refractivity contribution in [3.63, 3.8) is 0 Å². The second-order valence-corrected chi connectivity index (χ2v) is 9.49. The minimum Gasteiger partial charge on any atom is -0.497 e. The van der Waals surface area contributed by atoms with Gasteiger partial charge in [0.25, 0.3) is 5.91 Å². The molecule has 0 aliphatic heterocycles. The molecule has 2 heterocycles. The van der Waals surface area contributed by atoms with E-state index in [4.69, 9.17) is 9.47 Å². The van der Waals surface area contributed by atoms with E-state index in [0.29, 0.717) is 40.6 Å². The number of nitrogens with one attached hydrogen (secondary N) is 3. The third kappa shape index (κ3) is 5.23. The van der Waals surface area contributed by atoms with Crippen LogP contribution in [0.1, 0.15) is 55.8 Å². The van der Waals surface area contributed by atoms with E-state index in [1.54, 1.807) is 13.3 Å². The van der Waals surface area contributed by atoms with Gasteiger partial charge in [-0.3, -0.25) is 9.59 Å². The number of methoxy groups -OCH3 is 1. The number of aromatic nitrogens is 3. The first-order valence-corrected chi connectivity index (χ1v) is 12.2. The molecule has 2 aliphatic carbocycles. The van der Waals surface area contributed by atoms with Crippen molar-refractivity contribution in [3.05, 3.63) is 36.3 Å². The van der Waals surface area contributed by atoms with Gasteiger partial charge in [0.05, 0.1) is 24.8 Å². The highest BCUT2D eigenvalue weighted by Gasteiger charge is 2.26. The van der Waals surface area contributed by atoms with Crippen LogP contribution in [-0.4, -0.2) is 52.6 Å². The third-order valence-corrected chi connectivity index (χ3v) is 6.79. The molecule has 1 aromatic carbocycles. The van der Waals surface area contributed by atoms with Crippen molar-refractivity contribution in [1.82, 2.24) is 25.6 Å². The Balaban J connectivity index is 1.37. The van der Waals surface area contributed by atoms with Gasteiger partial charge in [0.2, 0.25) is 5.91 Å². The SMILES string of the molecule is COc1ccc(OCC2CC2)c(-c2ncnc3c(C(=O)NC4CCC(NC(C)=O)CC4)c[nH]c23)c1. The molecule has 0 spiro atoms. The molecule has 0 unspecified atom stereocenters. The molecular formula is C26H31N5O4. The van der Waals surface area contributed by atoms with Gasteiger partial charge in [0.1, 0.15) is 29.0 Å². The molecule has 9 heteroatoms. The van der Waals surface area contributed by atoms with Crippen LogP contribution in [0.5, 0.6) is 11.5 Å². The quantitative estimate of drug-likeness (QED) is 0.456. The molecule has 0 radical (unpaired) electrons. The molecule has 2 fully saturated rings. The second kappa shape index (κ2) is 9.93. The molecule has 35 heavy (non-hydrogen) atoms. The van der Waals surface area contributed by atoms with Crippen molar-refractivity contribution in [2.24, 2.45) is 5.92 Å². The van der Waals surface area contributed by atoms with Crippen LogP contribution < -0.4 is 20.1 Å². The van der Waals surface area contributed by atoms with Gasteiger partial charge in [-0.1, -0.05) is 0 Å². The molecule has 2 saturated carbocycles. The highest BCUT2D eigenvalue weighted by molar-refractivity contribution is 6.08. The van der Waals surface area contributed by atoms with E-state index in [2.05, 4.69) is 25.6 Å². The van der Waals surface area contributed by atoms with Crippen molar-refractivity contribution in [2.75, 3.05) is 13.7 Å². The van der Waals surface area contributed by atoms with Crippen molar-refractivity contribution >= 4 is 22.8 Å². The van der Waals surface area contributed by atoms with E-state index in [1.165, 1.54) is 26.1 Å². The summed E-state index contributed by atoms with van der Waals surface area (Å²) in [4.78, 5) is 36.6. The molecule has 3 aromatic rings. The maximum Gasteiger partial charge on any atom is 0.255 e. The van der Waals surface area contributed by atoms with Crippen molar-refractivity contribution in [3.8, 4) is 22.8 Å². The Bertz CT molecular complexity index is 1230. The number of ether oxygens (including phenoxy) is 2. The zero-order valence-electron chi connectivity index (χ0n) is 20.1.